The van der Waals surface area contributed by atoms with E-state index in [1.165, 1.54) is 54.9 Å². The molecule has 0 amide bonds. The maximum Gasteiger partial charge on any atom is 0.164 e. The number of para-hydroxylation sites is 1. The van der Waals surface area contributed by atoms with Crippen LogP contribution in [0.25, 0.3) is 77.6 Å². The zero-order valence-corrected chi connectivity index (χ0v) is 37.0. The lowest BCUT2D eigenvalue weighted by Crippen LogP contribution is -2.28. The molecule has 1 aliphatic rings. The van der Waals surface area contributed by atoms with Gasteiger partial charge >= 0.3 is 0 Å². The van der Waals surface area contributed by atoms with Gasteiger partial charge in [-0.1, -0.05) is 206 Å². The quantitative estimate of drug-likeness (QED) is 0.153. The highest BCUT2D eigenvalue weighted by molar-refractivity contribution is 5.91. The second-order valence-corrected chi connectivity index (χ2v) is 17.6. The Balaban J connectivity index is 0.958. The average molecular weight is 867 g/mol. The van der Waals surface area contributed by atoms with Gasteiger partial charge in [-0.15, -0.1) is 0 Å². The number of hydrogen-bond donors (Lipinski definition) is 0. The smallest absolute Gasteiger partial charge is 0.164 e. The van der Waals surface area contributed by atoms with Crippen molar-refractivity contribution >= 4 is 49.4 Å². The fourth-order valence-corrected chi connectivity index (χ4v) is 10.5. The molecule has 11 aromatic carbocycles. The van der Waals surface area contributed by atoms with Gasteiger partial charge in [0, 0.05) is 33.8 Å². The molecule has 1 heterocycles. The van der Waals surface area contributed by atoms with Crippen molar-refractivity contribution in [3.8, 4) is 45.3 Å². The molecule has 0 unspecified atom stereocenters. The maximum absolute atomic E-state index is 5.21. The molecule has 13 rings (SSSR count). The molecule has 12 aromatic rings. The number of anilines is 3. The molecular formula is C64H42N4. The van der Waals surface area contributed by atoms with Crippen LogP contribution in [0, 0.1) is 0 Å². The fourth-order valence-electron chi connectivity index (χ4n) is 10.5. The summed E-state index contributed by atoms with van der Waals surface area (Å²) in [7, 11) is 0. The standard InChI is InChI=1S/C64H42N4/c1-2-20-54(21-3-1)68(56-37-32-45-16-6-9-19-49(45)42-56)55-38-35-53(36-39-55)64(59-24-12-10-22-57(59)58-23-11-13-25-60(58)64)52-33-30-46(31-34-52)61-65-62(50-28-26-43-14-4-7-17-47(43)40-50)67-63(66-61)51-29-27-44-15-5-8-18-48(44)41-51/h1-42H. The maximum atomic E-state index is 5.21. The first-order chi connectivity index (χ1) is 33.7. The van der Waals surface area contributed by atoms with Gasteiger partial charge in [0.05, 0.1) is 5.41 Å². The topological polar surface area (TPSA) is 41.9 Å². The minimum atomic E-state index is -0.601. The molecule has 0 aliphatic heterocycles. The normalized spacial score (nSPS) is 12.5. The molecule has 1 aromatic heterocycles. The van der Waals surface area contributed by atoms with E-state index in [1.54, 1.807) is 0 Å². The van der Waals surface area contributed by atoms with Crippen molar-refractivity contribution in [1.29, 1.82) is 0 Å². The van der Waals surface area contributed by atoms with Crippen LogP contribution in [0.2, 0.25) is 0 Å². The minimum Gasteiger partial charge on any atom is -0.310 e. The van der Waals surface area contributed by atoms with E-state index < -0.39 is 5.41 Å². The van der Waals surface area contributed by atoms with Gasteiger partial charge in [0.2, 0.25) is 0 Å². The van der Waals surface area contributed by atoms with Gasteiger partial charge in [-0.25, -0.2) is 15.0 Å². The molecule has 1 aliphatic carbocycles. The summed E-state index contributed by atoms with van der Waals surface area (Å²) >= 11 is 0. The van der Waals surface area contributed by atoms with Gasteiger partial charge in [-0.3, -0.25) is 0 Å². The number of hydrogen-bond acceptors (Lipinski definition) is 4. The Morgan fingerprint density at radius 3 is 1.16 bits per heavy atom. The predicted octanol–water partition coefficient (Wildman–Crippen LogP) is 16.2. The van der Waals surface area contributed by atoms with E-state index in [1.807, 2.05) is 0 Å². The Hall–Kier alpha value is -8.99. The fraction of sp³-hybridized carbons (Fsp3) is 0.0156. The Kier molecular flexibility index (Phi) is 9.36. The zero-order chi connectivity index (χ0) is 45.0. The van der Waals surface area contributed by atoms with Crippen LogP contribution in [-0.4, -0.2) is 15.0 Å². The molecular weight excluding hydrogens is 825 g/mol. The highest BCUT2D eigenvalue weighted by atomic mass is 15.1. The van der Waals surface area contributed by atoms with Crippen LogP contribution >= 0.6 is 0 Å². The highest BCUT2D eigenvalue weighted by Crippen LogP contribution is 2.56. The molecule has 4 heteroatoms. The molecule has 0 atom stereocenters. The predicted molar refractivity (Wildman–Crippen MR) is 281 cm³/mol. The molecule has 0 bridgehead atoms. The number of fused-ring (bicyclic) bond motifs is 6. The molecule has 0 fully saturated rings. The van der Waals surface area contributed by atoms with E-state index in [4.69, 9.17) is 15.0 Å². The van der Waals surface area contributed by atoms with Crippen molar-refractivity contribution in [3.05, 3.63) is 277 Å². The van der Waals surface area contributed by atoms with Crippen molar-refractivity contribution in [2.75, 3.05) is 4.90 Å². The van der Waals surface area contributed by atoms with Crippen LogP contribution in [0.5, 0.6) is 0 Å². The lowest BCUT2D eigenvalue weighted by Gasteiger charge is -2.34. The Labute approximate surface area is 395 Å². The van der Waals surface area contributed by atoms with E-state index >= 15 is 0 Å². The van der Waals surface area contributed by atoms with Gasteiger partial charge in [0.1, 0.15) is 0 Å². The summed E-state index contributed by atoms with van der Waals surface area (Å²) in [6, 6.07) is 91.5. The van der Waals surface area contributed by atoms with Gasteiger partial charge in [0.15, 0.2) is 17.5 Å². The molecule has 4 nitrogen and oxygen atoms in total. The first kappa shape index (κ1) is 39.4. The monoisotopic (exact) mass is 866 g/mol. The lowest BCUT2D eigenvalue weighted by atomic mass is 9.67. The number of nitrogens with zero attached hydrogens (tertiary/aromatic N) is 4. The molecule has 0 spiro atoms. The Morgan fingerprint density at radius 2 is 0.632 bits per heavy atom. The summed E-state index contributed by atoms with van der Waals surface area (Å²) in [4.78, 5) is 17.9. The van der Waals surface area contributed by atoms with Gasteiger partial charge in [0.25, 0.3) is 0 Å². The van der Waals surface area contributed by atoms with Crippen molar-refractivity contribution in [3.63, 3.8) is 0 Å². The zero-order valence-electron chi connectivity index (χ0n) is 37.0. The Morgan fingerprint density at radius 1 is 0.265 bits per heavy atom. The van der Waals surface area contributed by atoms with Crippen LogP contribution in [-0.2, 0) is 5.41 Å². The van der Waals surface area contributed by atoms with Crippen molar-refractivity contribution in [2.24, 2.45) is 0 Å². The summed E-state index contributed by atoms with van der Waals surface area (Å²) in [5, 5.41) is 7.05. The molecule has 0 N–H and O–H groups in total. The summed E-state index contributed by atoms with van der Waals surface area (Å²) in [6.07, 6.45) is 0. The summed E-state index contributed by atoms with van der Waals surface area (Å²) in [5.74, 6) is 1.89. The number of aromatic nitrogens is 3. The Bertz CT molecular complexity index is 3720. The third kappa shape index (κ3) is 6.57. The summed E-state index contributed by atoms with van der Waals surface area (Å²) < 4.78 is 0. The van der Waals surface area contributed by atoms with E-state index in [0.29, 0.717) is 17.5 Å². The average Bonchev–Trinajstić information content (AvgIpc) is 3.72. The van der Waals surface area contributed by atoms with Crippen molar-refractivity contribution < 1.29 is 0 Å². The second-order valence-electron chi connectivity index (χ2n) is 17.6. The first-order valence-corrected chi connectivity index (χ1v) is 23.2. The van der Waals surface area contributed by atoms with Crippen LogP contribution < -0.4 is 4.90 Å². The van der Waals surface area contributed by atoms with E-state index in [-0.39, 0.29) is 0 Å². The van der Waals surface area contributed by atoms with Crippen LogP contribution in [0.3, 0.4) is 0 Å². The molecule has 0 radical (unpaired) electrons. The van der Waals surface area contributed by atoms with Crippen LogP contribution in [0.4, 0.5) is 17.1 Å². The number of rotatable bonds is 8. The van der Waals surface area contributed by atoms with Crippen LogP contribution in [0.15, 0.2) is 255 Å². The highest BCUT2D eigenvalue weighted by Gasteiger charge is 2.46. The van der Waals surface area contributed by atoms with E-state index in [9.17, 15) is 0 Å². The first-order valence-electron chi connectivity index (χ1n) is 23.2. The van der Waals surface area contributed by atoms with E-state index in [0.717, 1.165) is 44.5 Å². The van der Waals surface area contributed by atoms with Crippen molar-refractivity contribution in [2.45, 2.75) is 5.41 Å². The summed E-state index contributed by atoms with van der Waals surface area (Å²) in [5.41, 5.74) is 12.9. The summed E-state index contributed by atoms with van der Waals surface area (Å²) in [6.45, 7) is 0. The minimum absolute atomic E-state index is 0.601. The SMILES string of the molecule is c1ccc(N(c2ccc(C3(c4ccc(-c5nc(-c6ccc7ccccc7c6)nc(-c6ccc7ccccc7c6)n5)cc4)c4ccccc4-c4ccccc43)cc2)c2ccc3ccccc3c2)cc1. The van der Waals surface area contributed by atoms with Crippen molar-refractivity contribution in [1.82, 2.24) is 15.0 Å². The third-order valence-corrected chi connectivity index (χ3v) is 13.7. The second kappa shape index (κ2) is 16.2. The third-order valence-electron chi connectivity index (χ3n) is 13.7. The molecule has 0 saturated heterocycles. The van der Waals surface area contributed by atoms with Gasteiger partial charge < -0.3 is 4.90 Å². The largest absolute Gasteiger partial charge is 0.310 e. The van der Waals surface area contributed by atoms with Crippen LogP contribution in [0.1, 0.15) is 22.3 Å². The molecule has 68 heavy (non-hydrogen) atoms. The van der Waals surface area contributed by atoms with Gasteiger partial charge in [-0.2, -0.15) is 0 Å². The molecule has 0 saturated carbocycles. The van der Waals surface area contributed by atoms with E-state index in [2.05, 4.69) is 260 Å². The van der Waals surface area contributed by atoms with Gasteiger partial charge in [-0.05, 0) is 114 Å². The lowest BCUT2D eigenvalue weighted by molar-refractivity contribution is 0.768. The number of benzene rings is 11. The molecule has 318 valence electrons.